The quantitative estimate of drug-likeness (QED) is 0.921. The van der Waals surface area contributed by atoms with Gasteiger partial charge >= 0.3 is 0 Å². The molecule has 0 bridgehead atoms. The van der Waals surface area contributed by atoms with Crippen LogP contribution in [0.25, 0.3) is 11.3 Å². The molecule has 3 rings (SSSR count). The van der Waals surface area contributed by atoms with E-state index in [9.17, 15) is 0 Å². The standard InChI is InChI=1S/C16H20N2O2S/c1-2-8-19-13-5-3-12(4-6-13)14-11-21-16(18-14)15-10-17-7-9-20-15/h3-6,11,15,17H,2,7-10H2,1H3. The Morgan fingerprint density at radius 3 is 2.95 bits per heavy atom. The van der Waals surface area contributed by atoms with E-state index in [1.54, 1.807) is 11.3 Å². The highest BCUT2D eigenvalue weighted by Crippen LogP contribution is 2.28. The number of morpholine rings is 1. The Balaban J connectivity index is 1.70. The first-order chi connectivity index (χ1) is 10.4. The molecule has 2 heterocycles. The Hall–Kier alpha value is -1.43. The number of hydrogen-bond acceptors (Lipinski definition) is 5. The second kappa shape index (κ2) is 7.02. The number of nitrogens with one attached hydrogen (secondary N) is 1. The largest absolute Gasteiger partial charge is 0.494 e. The van der Waals surface area contributed by atoms with Gasteiger partial charge in [0.1, 0.15) is 16.9 Å². The number of ether oxygens (including phenoxy) is 2. The fourth-order valence-corrected chi connectivity index (χ4v) is 3.11. The van der Waals surface area contributed by atoms with Crippen LogP contribution in [0.4, 0.5) is 0 Å². The average molecular weight is 304 g/mol. The smallest absolute Gasteiger partial charge is 0.124 e. The molecule has 1 N–H and O–H groups in total. The molecule has 0 amide bonds. The van der Waals surface area contributed by atoms with Crippen molar-refractivity contribution in [2.24, 2.45) is 0 Å². The fourth-order valence-electron chi connectivity index (χ4n) is 2.23. The van der Waals surface area contributed by atoms with Crippen LogP contribution in [0.2, 0.25) is 0 Å². The number of hydrogen-bond donors (Lipinski definition) is 1. The number of nitrogens with zero attached hydrogens (tertiary/aromatic N) is 1. The van der Waals surface area contributed by atoms with Crippen molar-refractivity contribution in [1.82, 2.24) is 10.3 Å². The van der Waals surface area contributed by atoms with Crippen LogP contribution in [-0.4, -0.2) is 31.3 Å². The molecule has 5 heteroatoms. The molecule has 1 aromatic heterocycles. The van der Waals surface area contributed by atoms with Gasteiger partial charge in [0.2, 0.25) is 0 Å². The van der Waals surface area contributed by atoms with Crippen LogP contribution in [-0.2, 0) is 4.74 Å². The molecule has 0 saturated carbocycles. The van der Waals surface area contributed by atoms with E-state index in [0.717, 1.165) is 54.7 Å². The van der Waals surface area contributed by atoms with Crippen LogP contribution < -0.4 is 10.1 Å². The maximum Gasteiger partial charge on any atom is 0.124 e. The number of benzene rings is 1. The third-order valence-electron chi connectivity index (χ3n) is 3.35. The van der Waals surface area contributed by atoms with Crippen LogP contribution in [0.15, 0.2) is 29.6 Å². The second-order valence-corrected chi connectivity index (χ2v) is 5.90. The lowest BCUT2D eigenvalue weighted by molar-refractivity contribution is 0.0276. The molecule has 4 nitrogen and oxygen atoms in total. The van der Waals surface area contributed by atoms with Crippen molar-refractivity contribution in [1.29, 1.82) is 0 Å². The third kappa shape index (κ3) is 3.61. The molecule has 0 spiro atoms. The lowest BCUT2D eigenvalue weighted by atomic mass is 10.2. The summed E-state index contributed by atoms with van der Waals surface area (Å²) < 4.78 is 11.3. The predicted molar refractivity (Wildman–Crippen MR) is 84.9 cm³/mol. The van der Waals surface area contributed by atoms with Gasteiger partial charge in [-0.1, -0.05) is 6.92 Å². The summed E-state index contributed by atoms with van der Waals surface area (Å²) in [5, 5.41) is 6.47. The minimum atomic E-state index is 0.0876. The van der Waals surface area contributed by atoms with Gasteiger partial charge in [0.25, 0.3) is 0 Å². The molecule has 2 aromatic rings. The zero-order chi connectivity index (χ0) is 14.5. The van der Waals surface area contributed by atoms with Crippen molar-refractivity contribution in [3.8, 4) is 17.0 Å². The lowest BCUT2D eigenvalue weighted by Gasteiger charge is -2.21. The number of rotatable bonds is 5. The van der Waals surface area contributed by atoms with Gasteiger partial charge < -0.3 is 14.8 Å². The molecule has 0 aliphatic carbocycles. The van der Waals surface area contributed by atoms with Gasteiger partial charge in [0, 0.05) is 24.0 Å². The summed E-state index contributed by atoms with van der Waals surface area (Å²) in [6, 6.07) is 8.12. The Morgan fingerprint density at radius 2 is 2.24 bits per heavy atom. The van der Waals surface area contributed by atoms with Gasteiger partial charge in [-0.2, -0.15) is 0 Å². The van der Waals surface area contributed by atoms with Crippen LogP contribution in [0.1, 0.15) is 24.5 Å². The van der Waals surface area contributed by atoms with E-state index in [-0.39, 0.29) is 6.10 Å². The van der Waals surface area contributed by atoms with Crippen molar-refractivity contribution in [3.05, 3.63) is 34.7 Å². The van der Waals surface area contributed by atoms with E-state index in [4.69, 9.17) is 14.5 Å². The van der Waals surface area contributed by atoms with Crippen molar-refractivity contribution in [3.63, 3.8) is 0 Å². The highest BCUT2D eigenvalue weighted by Gasteiger charge is 2.19. The highest BCUT2D eigenvalue weighted by atomic mass is 32.1. The van der Waals surface area contributed by atoms with Gasteiger partial charge in [-0.3, -0.25) is 0 Å². The van der Waals surface area contributed by atoms with E-state index in [1.165, 1.54) is 0 Å². The Kier molecular flexibility index (Phi) is 4.85. The van der Waals surface area contributed by atoms with Gasteiger partial charge in [0.15, 0.2) is 0 Å². The molecule has 1 saturated heterocycles. The van der Waals surface area contributed by atoms with Gasteiger partial charge in [-0.05, 0) is 30.7 Å². The summed E-state index contributed by atoms with van der Waals surface area (Å²) in [5.41, 5.74) is 2.12. The molecular formula is C16H20N2O2S. The van der Waals surface area contributed by atoms with Gasteiger partial charge in [-0.25, -0.2) is 4.98 Å². The van der Waals surface area contributed by atoms with E-state index in [0.29, 0.717) is 0 Å². The molecule has 1 unspecified atom stereocenters. The first-order valence-corrected chi connectivity index (χ1v) is 8.26. The summed E-state index contributed by atoms with van der Waals surface area (Å²) in [4.78, 5) is 4.71. The monoisotopic (exact) mass is 304 g/mol. The van der Waals surface area contributed by atoms with E-state index in [2.05, 4.69) is 29.8 Å². The van der Waals surface area contributed by atoms with Crippen molar-refractivity contribution < 1.29 is 9.47 Å². The summed E-state index contributed by atoms with van der Waals surface area (Å²) >= 11 is 1.66. The van der Waals surface area contributed by atoms with Crippen LogP contribution >= 0.6 is 11.3 Å². The minimum Gasteiger partial charge on any atom is -0.494 e. The molecule has 1 aliphatic rings. The summed E-state index contributed by atoms with van der Waals surface area (Å²) in [7, 11) is 0. The molecule has 21 heavy (non-hydrogen) atoms. The average Bonchev–Trinajstić information content (AvgIpc) is 3.04. The zero-order valence-corrected chi connectivity index (χ0v) is 13.0. The molecule has 1 fully saturated rings. The van der Waals surface area contributed by atoms with Gasteiger partial charge in [0.05, 0.1) is 18.9 Å². The van der Waals surface area contributed by atoms with Gasteiger partial charge in [-0.15, -0.1) is 11.3 Å². The zero-order valence-electron chi connectivity index (χ0n) is 12.2. The first-order valence-electron chi connectivity index (χ1n) is 7.38. The lowest BCUT2D eigenvalue weighted by Crippen LogP contribution is -2.33. The van der Waals surface area contributed by atoms with Crippen LogP contribution in [0.5, 0.6) is 5.75 Å². The Bertz CT molecular complexity index is 562. The van der Waals surface area contributed by atoms with Crippen molar-refractivity contribution >= 4 is 11.3 Å². The summed E-state index contributed by atoms with van der Waals surface area (Å²) in [5.74, 6) is 0.913. The Morgan fingerprint density at radius 1 is 1.38 bits per heavy atom. The van der Waals surface area contributed by atoms with Crippen LogP contribution in [0, 0.1) is 0 Å². The first kappa shape index (κ1) is 14.5. The second-order valence-electron chi connectivity index (χ2n) is 5.01. The summed E-state index contributed by atoms with van der Waals surface area (Å²) in [6.45, 7) is 5.38. The highest BCUT2D eigenvalue weighted by molar-refractivity contribution is 7.10. The van der Waals surface area contributed by atoms with E-state index in [1.807, 2.05) is 12.1 Å². The molecule has 1 aromatic carbocycles. The van der Waals surface area contributed by atoms with E-state index < -0.39 is 0 Å². The van der Waals surface area contributed by atoms with Crippen molar-refractivity contribution in [2.75, 3.05) is 26.3 Å². The molecule has 112 valence electrons. The molecular weight excluding hydrogens is 284 g/mol. The third-order valence-corrected chi connectivity index (χ3v) is 4.28. The van der Waals surface area contributed by atoms with E-state index >= 15 is 0 Å². The minimum absolute atomic E-state index is 0.0876. The SMILES string of the molecule is CCCOc1ccc(-c2csc(C3CNCCO3)n2)cc1. The molecule has 0 radical (unpaired) electrons. The summed E-state index contributed by atoms with van der Waals surface area (Å²) in [6.07, 6.45) is 1.11. The molecule has 1 atom stereocenters. The normalized spacial score (nSPS) is 18.6. The fraction of sp³-hybridized carbons (Fsp3) is 0.438. The topological polar surface area (TPSA) is 43.4 Å². The van der Waals surface area contributed by atoms with Crippen LogP contribution in [0.3, 0.4) is 0 Å². The maximum absolute atomic E-state index is 5.74. The number of aromatic nitrogens is 1. The molecule has 1 aliphatic heterocycles. The maximum atomic E-state index is 5.74. The predicted octanol–water partition coefficient (Wildman–Crippen LogP) is 3.26. The Labute approximate surface area is 129 Å². The van der Waals surface area contributed by atoms with Crippen molar-refractivity contribution in [2.45, 2.75) is 19.4 Å². The number of thiazole rings is 1.